The van der Waals surface area contributed by atoms with Crippen LogP contribution in [0, 0.1) is 0 Å². The third kappa shape index (κ3) is 1.91. The summed E-state index contributed by atoms with van der Waals surface area (Å²) in [5, 5.41) is 0. The van der Waals surface area contributed by atoms with Crippen molar-refractivity contribution in [2.24, 2.45) is 0 Å². The number of ether oxygens (including phenoxy) is 1. The van der Waals surface area contributed by atoms with E-state index >= 15 is 0 Å². The van der Waals surface area contributed by atoms with Crippen LogP contribution in [0.1, 0.15) is 6.42 Å². The molecule has 0 aromatic heterocycles. The van der Waals surface area contributed by atoms with Gasteiger partial charge in [0.25, 0.3) is 0 Å². The number of hydrogen-bond donors (Lipinski definition) is 0. The molecule has 1 aliphatic rings. The number of hydrogen-bond acceptors (Lipinski definition) is 2. The number of carbonyl (C=O) groups is 1. The average Bonchev–Trinajstić information content (AvgIpc) is 2.45. The first kappa shape index (κ1) is 6.96. The molecule has 0 unspecified atom stereocenters. The maximum Gasteiger partial charge on any atom is 0.151 e. The Labute approximate surface area is 62.0 Å². The molecule has 50 valence electrons. The predicted molar refractivity (Wildman–Crippen MR) is 37.4 cm³/mol. The Bertz CT molecular complexity index is 144. The number of aldehydes is 1. The van der Waals surface area contributed by atoms with Crippen molar-refractivity contribution in [1.29, 1.82) is 0 Å². The zero-order chi connectivity index (χ0) is 6.85. The van der Waals surface area contributed by atoms with Crippen molar-refractivity contribution >= 4 is 22.2 Å². The Morgan fingerprint density at radius 2 is 2.56 bits per heavy atom. The molecular weight excluding hydrogens is 184 g/mol. The summed E-state index contributed by atoms with van der Waals surface area (Å²) in [6, 6.07) is 0. The molecule has 2 atom stereocenters. The number of halogens is 1. The van der Waals surface area contributed by atoms with E-state index in [1.165, 1.54) is 0 Å². The molecule has 1 fully saturated rings. The van der Waals surface area contributed by atoms with E-state index in [0.29, 0.717) is 0 Å². The highest BCUT2D eigenvalue weighted by Crippen LogP contribution is 2.27. The molecule has 0 radical (unpaired) electrons. The first-order valence-electron chi connectivity index (χ1n) is 2.68. The third-order valence-corrected chi connectivity index (χ3v) is 1.50. The highest BCUT2D eigenvalue weighted by molar-refractivity contribution is 9.11. The highest BCUT2D eigenvalue weighted by atomic mass is 79.9. The van der Waals surface area contributed by atoms with Gasteiger partial charge in [0.05, 0.1) is 6.10 Å². The summed E-state index contributed by atoms with van der Waals surface area (Å²) < 4.78 is 5.80. The maximum atomic E-state index is 9.99. The van der Waals surface area contributed by atoms with Crippen molar-refractivity contribution in [3.8, 4) is 0 Å². The van der Waals surface area contributed by atoms with Crippen molar-refractivity contribution in [3.05, 3.63) is 11.1 Å². The first-order valence-corrected chi connectivity index (χ1v) is 3.47. The molecule has 0 aromatic rings. The van der Waals surface area contributed by atoms with Crippen LogP contribution in [0.15, 0.2) is 11.1 Å². The second-order valence-electron chi connectivity index (χ2n) is 2.00. The van der Waals surface area contributed by atoms with E-state index in [1.807, 2.05) is 0 Å². The summed E-state index contributed by atoms with van der Waals surface area (Å²) in [6.07, 6.45) is 1.48. The molecular formula is C6H7BrO2. The smallest absolute Gasteiger partial charge is 0.151 e. The topological polar surface area (TPSA) is 29.6 Å². The van der Waals surface area contributed by atoms with Gasteiger partial charge >= 0.3 is 0 Å². The molecule has 1 rings (SSSR count). The van der Waals surface area contributed by atoms with E-state index in [0.717, 1.165) is 17.2 Å². The average molecular weight is 191 g/mol. The second kappa shape index (κ2) is 2.62. The molecule has 0 bridgehead atoms. The molecule has 0 aliphatic carbocycles. The molecule has 0 N–H and O–H groups in total. The lowest BCUT2D eigenvalue weighted by Crippen LogP contribution is -1.93. The Hall–Kier alpha value is -0.150. The molecule has 1 heterocycles. The summed E-state index contributed by atoms with van der Waals surface area (Å²) in [4.78, 5) is 9.99. The Morgan fingerprint density at radius 1 is 1.89 bits per heavy atom. The van der Waals surface area contributed by atoms with Crippen LogP contribution in [0.25, 0.3) is 0 Å². The molecule has 9 heavy (non-hydrogen) atoms. The molecule has 0 spiro atoms. The lowest BCUT2D eigenvalue weighted by molar-refractivity contribution is -0.108. The van der Waals surface area contributed by atoms with E-state index in [-0.39, 0.29) is 12.2 Å². The molecule has 1 aliphatic heterocycles. The zero-order valence-electron chi connectivity index (χ0n) is 4.84. The number of epoxide rings is 1. The molecule has 1 saturated heterocycles. The van der Waals surface area contributed by atoms with Gasteiger partial charge in [-0.15, -0.1) is 0 Å². The van der Waals surface area contributed by atoms with Crippen LogP contribution in [0.5, 0.6) is 0 Å². The monoisotopic (exact) mass is 190 g/mol. The van der Waals surface area contributed by atoms with Crippen LogP contribution >= 0.6 is 15.9 Å². The quantitative estimate of drug-likeness (QED) is 0.496. The van der Waals surface area contributed by atoms with E-state index < -0.39 is 0 Å². The van der Waals surface area contributed by atoms with E-state index in [9.17, 15) is 4.79 Å². The number of carbonyl (C=O) groups excluding carboxylic acids is 1. The molecule has 0 amide bonds. The molecule has 0 aromatic carbocycles. The van der Waals surface area contributed by atoms with Crippen molar-refractivity contribution in [2.45, 2.75) is 18.6 Å². The van der Waals surface area contributed by atoms with Gasteiger partial charge in [-0.05, 0) is 4.48 Å². The maximum absolute atomic E-state index is 9.99. The fourth-order valence-corrected chi connectivity index (χ4v) is 0.978. The lowest BCUT2D eigenvalue weighted by atomic mass is 10.2. The van der Waals surface area contributed by atoms with Crippen molar-refractivity contribution in [3.63, 3.8) is 0 Å². The fourth-order valence-electron chi connectivity index (χ4n) is 0.659. The van der Waals surface area contributed by atoms with E-state index in [2.05, 4.69) is 22.5 Å². The normalized spacial score (nSPS) is 31.7. The molecule has 2 nitrogen and oxygen atoms in total. The van der Waals surface area contributed by atoms with Gasteiger partial charge in [-0.25, -0.2) is 0 Å². The van der Waals surface area contributed by atoms with Gasteiger partial charge in [0.15, 0.2) is 6.29 Å². The van der Waals surface area contributed by atoms with Gasteiger partial charge in [-0.1, -0.05) is 22.5 Å². The Balaban J connectivity index is 2.19. The summed E-state index contributed by atoms with van der Waals surface area (Å²) >= 11 is 3.18. The van der Waals surface area contributed by atoms with Gasteiger partial charge in [0.2, 0.25) is 0 Å². The first-order chi connectivity index (χ1) is 4.24. The largest absolute Gasteiger partial charge is 0.361 e. The Kier molecular flexibility index (Phi) is 2.03. The van der Waals surface area contributed by atoms with Crippen LogP contribution in [-0.2, 0) is 9.53 Å². The van der Waals surface area contributed by atoms with Gasteiger partial charge in [-0.3, -0.25) is 0 Å². The summed E-state index contributed by atoms with van der Waals surface area (Å²) in [5.74, 6) is 0. The zero-order valence-corrected chi connectivity index (χ0v) is 6.43. The number of rotatable bonds is 3. The summed E-state index contributed by atoms with van der Waals surface area (Å²) in [7, 11) is 0. The minimum Gasteiger partial charge on any atom is -0.361 e. The van der Waals surface area contributed by atoms with Crippen molar-refractivity contribution < 1.29 is 9.53 Å². The summed E-state index contributed by atoms with van der Waals surface area (Å²) in [5.41, 5.74) is 0. The minimum atomic E-state index is -0.167. The third-order valence-electron chi connectivity index (χ3n) is 1.18. The second-order valence-corrected chi connectivity index (χ2v) is 3.12. The fraction of sp³-hybridized carbons (Fsp3) is 0.500. The van der Waals surface area contributed by atoms with E-state index in [1.54, 1.807) is 0 Å². The molecule has 0 saturated carbocycles. The van der Waals surface area contributed by atoms with E-state index in [4.69, 9.17) is 4.74 Å². The van der Waals surface area contributed by atoms with Crippen LogP contribution < -0.4 is 0 Å². The highest BCUT2D eigenvalue weighted by Gasteiger charge is 2.38. The minimum absolute atomic E-state index is 0.0920. The van der Waals surface area contributed by atoms with Crippen LogP contribution in [-0.4, -0.2) is 18.5 Å². The standard InChI is InChI=1S/C6H7BrO2/c1-4(7)2-5-6(3-8)9-5/h3,5-6H,1-2H2/t5-,6+/m1/s1. The van der Waals surface area contributed by atoms with Crippen molar-refractivity contribution in [1.82, 2.24) is 0 Å². The van der Waals surface area contributed by atoms with Gasteiger partial charge in [-0.2, -0.15) is 0 Å². The van der Waals surface area contributed by atoms with Crippen LogP contribution in [0.3, 0.4) is 0 Å². The SMILES string of the molecule is C=C(Br)C[C@H]1O[C@H]1C=O. The van der Waals surface area contributed by atoms with Gasteiger partial charge in [0.1, 0.15) is 6.10 Å². The predicted octanol–water partition coefficient (Wildman–Crippen LogP) is 1.25. The van der Waals surface area contributed by atoms with Gasteiger partial charge in [0, 0.05) is 6.42 Å². The van der Waals surface area contributed by atoms with Crippen LogP contribution in [0.2, 0.25) is 0 Å². The van der Waals surface area contributed by atoms with Crippen LogP contribution in [0.4, 0.5) is 0 Å². The van der Waals surface area contributed by atoms with Crippen molar-refractivity contribution in [2.75, 3.05) is 0 Å². The Morgan fingerprint density at radius 3 is 2.89 bits per heavy atom. The lowest BCUT2D eigenvalue weighted by Gasteiger charge is -1.86. The summed E-state index contributed by atoms with van der Waals surface area (Å²) in [6.45, 7) is 3.62. The molecule has 3 heteroatoms. The van der Waals surface area contributed by atoms with Gasteiger partial charge < -0.3 is 9.53 Å².